The number of hydrogen-bond acceptors (Lipinski definition) is 3. The lowest BCUT2D eigenvalue weighted by Gasteiger charge is -2.04. The summed E-state index contributed by atoms with van der Waals surface area (Å²) in [5.74, 6) is -0.932. The number of fused-ring (bicyclic) bond motifs is 1. The van der Waals surface area contributed by atoms with Crippen LogP contribution in [0, 0.1) is 6.92 Å². The molecular formula is C11H9ClO4. The predicted octanol–water partition coefficient (Wildman–Crippen LogP) is 2.51. The Bertz CT molecular complexity index is 558. The van der Waals surface area contributed by atoms with Crippen molar-refractivity contribution in [3.8, 4) is 0 Å². The molecular weight excluding hydrogens is 232 g/mol. The molecule has 2 aromatic rings. The maximum absolute atomic E-state index is 10.8. The van der Waals surface area contributed by atoms with E-state index in [1.54, 1.807) is 25.1 Å². The molecule has 0 radical (unpaired) electrons. The third-order valence-corrected chi connectivity index (χ3v) is 2.62. The predicted molar refractivity (Wildman–Crippen MR) is 58.6 cm³/mol. The fourth-order valence-electron chi connectivity index (χ4n) is 1.67. The second kappa shape index (κ2) is 3.81. The van der Waals surface area contributed by atoms with Crippen molar-refractivity contribution in [2.45, 2.75) is 13.0 Å². The van der Waals surface area contributed by atoms with E-state index in [0.29, 0.717) is 21.8 Å². The van der Waals surface area contributed by atoms with Crippen LogP contribution < -0.4 is 0 Å². The summed E-state index contributed by atoms with van der Waals surface area (Å²) >= 11 is 5.81. The number of halogens is 1. The summed E-state index contributed by atoms with van der Waals surface area (Å²) in [5, 5.41) is 19.3. The first-order chi connectivity index (χ1) is 7.50. The molecule has 0 saturated carbocycles. The van der Waals surface area contributed by atoms with Crippen LogP contribution in [0.2, 0.25) is 5.02 Å². The van der Waals surface area contributed by atoms with Gasteiger partial charge in [-0.2, -0.15) is 0 Å². The number of benzene rings is 1. The van der Waals surface area contributed by atoms with E-state index >= 15 is 0 Å². The minimum absolute atomic E-state index is 0.255. The van der Waals surface area contributed by atoms with E-state index in [2.05, 4.69) is 0 Å². The van der Waals surface area contributed by atoms with Crippen LogP contribution in [0.15, 0.2) is 22.6 Å². The molecule has 1 aromatic heterocycles. The Morgan fingerprint density at radius 3 is 2.81 bits per heavy atom. The lowest BCUT2D eigenvalue weighted by Crippen LogP contribution is -2.10. The van der Waals surface area contributed by atoms with Crippen LogP contribution >= 0.6 is 11.6 Å². The number of carbonyl (C=O) groups is 1. The van der Waals surface area contributed by atoms with Crippen LogP contribution in [0.25, 0.3) is 11.0 Å². The molecule has 2 rings (SSSR count). The van der Waals surface area contributed by atoms with Gasteiger partial charge in [0.1, 0.15) is 11.3 Å². The molecule has 0 amide bonds. The Balaban J connectivity index is 2.72. The zero-order chi connectivity index (χ0) is 11.9. The van der Waals surface area contributed by atoms with E-state index < -0.39 is 12.1 Å². The summed E-state index contributed by atoms with van der Waals surface area (Å²) in [6.45, 7) is 1.61. The van der Waals surface area contributed by atoms with Crippen molar-refractivity contribution >= 4 is 28.5 Å². The van der Waals surface area contributed by atoms with Gasteiger partial charge in [0, 0.05) is 16.0 Å². The van der Waals surface area contributed by atoms with Crippen molar-refractivity contribution in [1.82, 2.24) is 0 Å². The molecule has 0 aliphatic carbocycles. The van der Waals surface area contributed by atoms with Crippen LogP contribution in [0.1, 0.15) is 17.4 Å². The van der Waals surface area contributed by atoms with Crippen molar-refractivity contribution < 1.29 is 19.4 Å². The van der Waals surface area contributed by atoms with Crippen LogP contribution in [0.4, 0.5) is 0 Å². The van der Waals surface area contributed by atoms with Gasteiger partial charge in [-0.15, -0.1) is 0 Å². The van der Waals surface area contributed by atoms with Gasteiger partial charge >= 0.3 is 5.97 Å². The molecule has 0 aliphatic heterocycles. The highest BCUT2D eigenvalue weighted by Gasteiger charge is 2.24. The lowest BCUT2D eigenvalue weighted by atomic mass is 10.1. The summed E-state index contributed by atoms with van der Waals surface area (Å²) in [6.07, 6.45) is -1.60. The number of aliphatic hydroxyl groups is 1. The van der Waals surface area contributed by atoms with Gasteiger partial charge in [-0.05, 0) is 25.1 Å². The minimum atomic E-state index is -1.60. The SMILES string of the molecule is Cc1oc2ccc(Cl)cc2c1C(O)C(=O)O. The molecule has 84 valence electrons. The fourth-order valence-corrected chi connectivity index (χ4v) is 1.85. The molecule has 0 spiro atoms. The molecule has 1 aromatic carbocycles. The third-order valence-electron chi connectivity index (χ3n) is 2.38. The van der Waals surface area contributed by atoms with Crippen molar-refractivity contribution in [3.63, 3.8) is 0 Å². The average Bonchev–Trinajstić information content (AvgIpc) is 2.52. The molecule has 0 bridgehead atoms. The minimum Gasteiger partial charge on any atom is -0.479 e. The molecule has 2 N–H and O–H groups in total. The number of carboxylic acids is 1. The standard InChI is InChI=1S/C11H9ClO4/c1-5-9(10(13)11(14)15)7-4-6(12)2-3-8(7)16-5/h2-4,10,13H,1H3,(H,14,15). The largest absolute Gasteiger partial charge is 0.479 e. The number of furan rings is 1. The monoisotopic (exact) mass is 240 g/mol. The molecule has 0 aliphatic rings. The van der Waals surface area contributed by atoms with Gasteiger partial charge < -0.3 is 14.6 Å². The summed E-state index contributed by atoms with van der Waals surface area (Å²) in [7, 11) is 0. The number of aliphatic hydroxyl groups excluding tert-OH is 1. The van der Waals surface area contributed by atoms with Crippen molar-refractivity contribution in [2.75, 3.05) is 0 Å². The molecule has 1 heterocycles. The molecule has 0 fully saturated rings. The smallest absolute Gasteiger partial charge is 0.337 e. The van der Waals surface area contributed by atoms with Crippen LogP contribution in [-0.4, -0.2) is 16.2 Å². The van der Waals surface area contributed by atoms with E-state index in [1.165, 1.54) is 0 Å². The number of aliphatic carboxylic acids is 1. The normalized spacial score (nSPS) is 12.9. The van der Waals surface area contributed by atoms with Crippen molar-refractivity contribution in [1.29, 1.82) is 0 Å². The highest BCUT2D eigenvalue weighted by atomic mass is 35.5. The first-order valence-electron chi connectivity index (χ1n) is 4.60. The van der Waals surface area contributed by atoms with E-state index in [4.69, 9.17) is 21.1 Å². The Labute approximate surface area is 96.1 Å². The first kappa shape index (κ1) is 11.0. The summed E-state index contributed by atoms with van der Waals surface area (Å²) in [6, 6.07) is 4.86. The second-order valence-electron chi connectivity index (χ2n) is 3.45. The van der Waals surface area contributed by atoms with E-state index in [1.807, 2.05) is 0 Å². The van der Waals surface area contributed by atoms with Gasteiger partial charge in [0.15, 0.2) is 6.10 Å². The Morgan fingerprint density at radius 2 is 2.19 bits per heavy atom. The maximum atomic E-state index is 10.8. The molecule has 1 unspecified atom stereocenters. The number of carboxylic acid groups (broad SMARTS) is 1. The van der Waals surface area contributed by atoms with Crippen LogP contribution in [0.5, 0.6) is 0 Å². The summed E-state index contributed by atoms with van der Waals surface area (Å²) in [4.78, 5) is 10.8. The first-order valence-corrected chi connectivity index (χ1v) is 4.98. The zero-order valence-corrected chi connectivity index (χ0v) is 9.15. The maximum Gasteiger partial charge on any atom is 0.337 e. The second-order valence-corrected chi connectivity index (χ2v) is 3.89. The number of rotatable bonds is 2. The molecule has 16 heavy (non-hydrogen) atoms. The van der Waals surface area contributed by atoms with E-state index in [-0.39, 0.29) is 5.56 Å². The van der Waals surface area contributed by atoms with Gasteiger partial charge in [0.25, 0.3) is 0 Å². The highest BCUT2D eigenvalue weighted by Crippen LogP contribution is 2.32. The molecule has 1 atom stereocenters. The van der Waals surface area contributed by atoms with Crippen LogP contribution in [-0.2, 0) is 4.79 Å². The quantitative estimate of drug-likeness (QED) is 0.846. The summed E-state index contributed by atoms with van der Waals surface area (Å²) in [5.41, 5.74) is 0.766. The Hall–Kier alpha value is -1.52. The lowest BCUT2D eigenvalue weighted by molar-refractivity contribution is -0.146. The molecule has 4 nitrogen and oxygen atoms in total. The average molecular weight is 241 g/mol. The number of hydrogen-bond donors (Lipinski definition) is 2. The van der Waals surface area contributed by atoms with Crippen molar-refractivity contribution in [3.05, 3.63) is 34.5 Å². The van der Waals surface area contributed by atoms with E-state index in [9.17, 15) is 9.90 Å². The Morgan fingerprint density at radius 1 is 1.50 bits per heavy atom. The third kappa shape index (κ3) is 1.66. The topological polar surface area (TPSA) is 70.7 Å². The fraction of sp³-hybridized carbons (Fsp3) is 0.182. The molecule has 0 saturated heterocycles. The van der Waals surface area contributed by atoms with Gasteiger partial charge in [0.05, 0.1) is 0 Å². The Kier molecular flexibility index (Phi) is 2.61. The zero-order valence-electron chi connectivity index (χ0n) is 8.40. The van der Waals surface area contributed by atoms with Gasteiger partial charge in [0.2, 0.25) is 0 Å². The summed E-state index contributed by atoms with van der Waals surface area (Å²) < 4.78 is 5.34. The van der Waals surface area contributed by atoms with E-state index in [0.717, 1.165) is 0 Å². The van der Waals surface area contributed by atoms with Gasteiger partial charge in [-0.1, -0.05) is 11.6 Å². The number of aryl methyl sites for hydroxylation is 1. The van der Waals surface area contributed by atoms with Gasteiger partial charge in [-0.25, -0.2) is 4.79 Å². The highest BCUT2D eigenvalue weighted by molar-refractivity contribution is 6.31. The molecule has 5 heteroatoms. The van der Waals surface area contributed by atoms with Crippen LogP contribution in [0.3, 0.4) is 0 Å². The van der Waals surface area contributed by atoms with Crippen molar-refractivity contribution in [2.24, 2.45) is 0 Å². The van der Waals surface area contributed by atoms with Gasteiger partial charge in [-0.3, -0.25) is 0 Å².